The van der Waals surface area contributed by atoms with E-state index >= 15 is 0 Å². The smallest absolute Gasteiger partial charge is 0.417 e. The molecular formula is C21H14F3N5O. The first-order valence-corrected chi connectivity index (χ1v) is 8.84. The van der Waals surface area contributed by atoms with Crippen LogP contribution in [0.25, 0.3) is 22.3 Å². The van der Waals surface area contributed by atoms with E-state index in [2.05, 4.69) is 15.0 Å². The molecule has 150 valence electrons. The zero-order valence-electron chi connectivity index (χ0n) is 15.6. The van der Waals surface area contributed by atoms with Crippen LogP contribution in [-0.2, 0) is 12.7 Å². The zero-order chi connectivity index (χ0) is 21.5. The molecule has 3 heterocycles. The zero-order valence-corrected chi connectivity index (χ0v) is 15.6. The second-order valence-electron chi connectivity index (χ2n) is 6.79. The van der Waals surface area contributed by atoms with Gasteiger partial charge in [0.05, 0.1) is 23.0 Å². The van der Waals surface area contributed by atoms with Crippen LogP contribution in [0.15, 0.2) is 48.9 Å². The Hall–Kier alpha value is -3.93. The predicted octanol–water partition coefficient (Wildman–Crippen LogP) is 4.45. The molecule has 1 aromatic carbocycles. The maximum absolute atomic E-state index is 13.3. The number of nitriles is 1. The quantitative estimate of drug-likeness (QED) is 0.540. The SMILES string of the molecule is Cc1ccc(Cn2cc(-c3nc(O)ncc3C#N)c3cc(C(F)(F)F)cnc32)cc1. The van der Waals surface area contributed by atoms with Crippen LogP contribution in [0.3, 0.4) is 0 Å². The van der Waals surface area contributed by atoms with Gasteiger partial charge in [0.25, 0.3) is 0 Å². The molecule has 0 atom stereocenters. The van der Waals surface area contributed by atoms with Gasteiger partial charge in [0.2, 0.25) is 0 Å². The Balaban J connectivity index is 1.95. The Morgan fingerprint density at radius 3 is 2.53 bits per heavy atom. The number of benzene rings is 1. The molecule has 0 amide bonds. The molecular weight excluding hydrogens is 395 g/mol. The van der Waals surface area contributed by atoms with Crippen molar-refractivity contribution < 1.29 is 18.3 Å². The first kappa shape index (κ1) is 19.4. The highest BCUT2D eigenvalue weighted by molar-refractivity contribution is 5.94. The van der Waals surface area contributed by atoms with Crippen molar-refractivity contribution in [3.05, 3.63) is 71.2 Å². The van der Waals surface area contributed by atoms with Crippen LogP contribution < -0.4 is 0 Å². The van der Waals surface area contributed by atoms with Gasteiger partial charge in [-0.1, -0.05) is 29.8 Å². The molecule has 9 heteroatoms. The molecule has 0 saturated heterocycles. The third-order valence-corrected chi connectivity index (χ3v) is 4.67. The fourth-order valence-corrected chi connectivity index (χ4v) is 3.19. The molecule has 0 spiro atoms. The Morgan fingerprint density at radius 2 is 1.87 bits per heavy atom. The predicted molar refractivity (Wildman–Crippen MR) is 102 cm³/mol. The molecule has 30 heavy (non-hydrogen) atoms. The summed E-state index contributed by atoms with van der Waals surface area (Å²) < 4.78 is 41.5. The number of alkyl halides is 3. The topological polar surface area (TPSA) is 87.6 Å². The maximum atomic E-state index is 13.3. The molecule has 0 saturated carbocycles. The molecule has 0 radical (unpaired) electrons. The van der Waals surface area contributed by atoms with Gasteiger partial charge in [-0.25, -0.2) is 9.97 Å². The van der Waals surface area contributed by atoms with E-state index in [1.165, 1.54) is 0 Å². The lowest BCUT2D eigenvalue weighted by molar-refractivity contribution is -0.137. The standard InChI is InChI=1S/C21H14F3N5O/c1-12-2-4-13(5-3-12)10-29-11-17(18-14(7-25)8-27-20(30)28-18)16-6-15(21(22,23)24)9-26-19(16)29/h2-6,8-9,11H,10H2,1H3,(H,27,28,30). The van der Waals surface area contributed by atoms with Crippen LogP contribution in [0.1, 0.15) is 22.3 Å². The summed E-state index contributed by atoms with van der Waals surface area (Å²) in [6, 6.07) is 10.0. The van der Waals surface area contributed by atoms with Gasteiger partial charge in [-0.3, -0.25) is 0 Å². The van der Waals surface area contributed by atoms with Crippen LogP contribution in [0.4, 0.5) is 13.2 Å². The van der Waals surface area contributed by atoms with E-state index in [1.54, 1.807) is 10.8 Å². The molecule has 0 unspecified atom stereocenters. The van der Waals surface area contributed by atoms with Gasteiger partial charge in [0.1, 0.15) is 11.7 Å². The Bertz CT molecular complexity index is 1290. The van der Waals surface area contributed by atoms with Crippen molar-refractivity contribution in [2.24, 2.45) is 0 Å². The number of halogens is 3. The largest absolute Gasteiger partial charge is 0.479 e. The van der Waals surface area contributed by atoms with E-state index in [1.807, 2.05) is 37.3 Å². The number of pyridine rings is 1. The van der Waals surface area contributed by atoms with Gasteiger partial charge in [-0.05, 0) is 18.6 Å². The summed E-state index contributed by atoms with van der Waals surface area (Å²) >= 11 is 0. The Kier molecular flexibility index (Phi) is 4.62. The van der Waals surface area contributed by atoms with Crippen molar-refractivity contribution in [1.29, 1.82) is 5.26 Å². The number of fused-ring (bicyclic) bond motifs is 1. The van der Waals surface area contributed by atoms with Crippen LogP contribution in [0, 0.1) is 18.3 Å². The van der Waals surface area contributed by atoms with Crippen molar-refractivity contribution >= 4 is 11.0 Å². The summed E-state index contributed by atoms with van der Waals surface area (Å²) in [5.74, 6) is 0. The lowest BCUT2D eigenvalue weighted by atomic mass is 10.1. The minimum absolute atomic E-state index is 0.0274. The van der Waals surface area contributed by atoms with Crippen LogP contribution in [-0.4, -0.2) is 24.6 Å². The molecule has 3 aromatic heterocycles. The highest BCUT2D eigenvalue weighted by atomic mass is 19.4. The van der Waals surface area contributed by atoms with Crippen molar-refractivity contribution in [3.8, 4) is 23.3 Å². The van der Waals surface area contributed by atoms with Crippen molar-refractivity contribution in [3.63, 3.8) is 0 Å². The summed E-state index contributed by atoms with van der Waals surface area (Å²) in [4.78, 5) is 11.5. The molecule has 0 aliphatic carbocycles. The van der Waals surface area contributed by atoms with Gasteiger partial charge in [-0.15, -0.1) is 0 Å². The second-order valence-corrected chi connectivity index (χ2v) is 6.79. The Morgan fingerprint density at radius 1 is 1.13 bits per heavy atom. The van der Waals surface area contributed by atoms with E-state index in [9.17, 15) is 23.5 Å². The van der Waals surface area contributed by atoms with Gasteiger partial charge < -0.3 is 9.67 Å². The first-order valence-electron chi connectivity index (χ1n) is 8.84. The van der Waals surface area contributed by atoms with Gasteiger partial charge >= 0.3 is 12.2 Å². The summed E-state index contributed by atoms with van der Waals surface area (Å²) in [5.41, 5.74) is 1.72. The van der Waals surface area contributed by atoms with Crippen molar-refractivity contribution in [2.75, 3.05) is 0 Å². The minimum atomic E-state index is -4.58. The lowest BCUT2D eigenvalue weighted by Gasteiger charge is -2.08. The van der Waals surface area contributed by atoms with Crippen LogP contribution in [0.5, 0.6) is 6.01 Å². The highest BCUT2D eigenvalue weighted by Crippen LogP contribution is 2.36. The van der Waals surface area contributed by atoms with E-state index in [-0.39, 0.29) is 22.2 Å². The highest BCUT2D eigenvalue weighted by Gasteiger charge is 2.32. The van der Waals surface area contributed by atoms with Crippen molar-refractivity contribution in [2.45, 2.75) is 19.6 Å². The minimum Gasteiger partial charge on any atom is -0.479 e. The van der Waals surface area contributed by atoms with E-state index < -0.39 is 17.8 Å². The number of nitrogens with zero attached hydrogens (tertiary/aromatic N) is 5. The van der Waals surface area contributed by atoms with Gasteiger partial charge in [0.15, 0.2) is 0 Å². The fourth-order valence-electron chi connectivity index (χ4n) is 3.19. The summed E-state index contributed by atoms with van der Waals surface area (Å²) in [7, 11) is 0. The molecule has 1 N–H and O–H groups in total. The average molecular weight is 409 g/mol. The Labute approximate surface area is 168 Å². The third kappa shape index (κ3) is 3.55. The maximum Gasteiger partial charge on any atom is 0.417 e. The van der Waals surface area contributed by atoms with E-state index in [0.717, 1.165) is 29.6 Å². The molecule has 6 nitrogen and oxygen atoms in total. The van der Waals surface area contributed by atoms with Gasteiger partial charge in [0, 0.05) is 29.9 Å². The van der Waals surface area contributed by atoms with Crippen LogP contribution >= 0.6 is 0 Å². The van der Waals surface area contributed by atoms with Crippen molar-refractivity contribution in [1.82, 2.24) is 19.5 Å². The van der Waals surface area contributed by atoms with E-state index in [4.69, 9.17) is 0 Å². The summed E-state index contributed by atoms with van der Waals surface area (Å²) in [6.07, 6.45) is -1.09. The summed E-state index contributed by atoms with van der Waals surface area (Å²) in [6.45, 7) is 2.31. The number of hydrogen-bond acceptors (Lipinski definition) is 5. The normalized spacial score (nSPS) is 11.6. The number of rotatable bonds is 3. The molecule has 4 aromatic rings. The molecule has 0 aliphatic heterocycles. The number of aryl methyl sites for hydroxylation is 1. The lowest BCUT2D eigenvalue weighted by Crippen LogP contribution is -2.06. The number of aromatic hydroxyl groups is 1. The molecule has 4 rings (SSSR count). The number of aromatic nitrogens is 4. The molecule has 0 bridgehead atoms. The summed E-state index contributed by atoms with van der Waals surface area (Å²) in [5, 5.41) is 19.2. The average Bonchev–Trinajstić information content (AvgIpc) is 3.06. The number of hydrogen-bond donors (Lipinski definition) is 1. The monoisotopic (exact) mass is 409 g/mol. The molecule has 0 aliphatic rings. The second kappa shape index (κ2) is 7.15. The third-order valence-electron chi connectivity index (χ3n) is 4.67. The fraction of sp³-hybridized carbons (Fsp3) is 0.143. The van der Waals surface area contributed by atoms with Crippen LogP contribution in [0.2, 0.25) is 0 Å². The molecule has 0 fully saturated rings. The van der Waals surface area contributed by atoms with Gasteiger partial charge in [-0.2, -0.15) is 23.4 Å². The van der Waals surface area contributed by atoms with E-state index in [0.29, 0.717) is 12.2 Å². The first-order chi connectivity index (χ1) is 14.3.